The highest BCUT2D eigenvalue weighted by Gasteiger charge is 2.26. The predicted octanol–water partition coefficient (Wildman–Crippen LogP) is 13.7. The SMILES string of the molecule is N#CCCCc1ccc(N(c2ccc(N(c3ccc(CCCC#N)c(CCCC#N)c3N)c3ccc(CCCC#N)c(CCCC#N)c3N)cc2)c2ccc(CCCC#N)c(CCCC#N)c2N)c(N)c1CCCC#N. The third kappa shape index (κ3) is 15.0. The molecule has 0 aliphatic carbocycles. The molecule has 0 aliphatic heterocycles. The summed E-state index contributed by atoms with van der Waals surface area (Å²) in [5.74, 6) is 0. The van der Waals surface area contributed by atoms with Crippen LogP contribution in [0.4, 0.5) is 56.9 Å². The van der Waals surface area contributed by atoms with Crippen molar-refractivity contribution in [2.75, 3.05) is 32.7 Å². The van der Waals surface area contributed by atoms with E-state index in [0.717, 1.165) is 55.9 Å². The molecular formula is C62H68N14. The van der Waals surface area contributed by atoms with Gasteiger partial charge in [0, 0.05) is 62.7 Å². The summed E-state index contributed by atoms with van der Waals surface area (Å²) in [6.45, 7) is 0. The quantitative estimate of drug-likeness (QED) is 0.0246. The number of unbranched alkanes of at least 4 members (excludes halogenated alkanes) is 8. The summed E-state index contributed by atoms with van der Waals surface area (Å²) >= 11 is 0. The van der Waals surface area contributed by atoms with E-state index in [0.29, 0.717) is 200 Å². The number of hydrogen-bond acceptors (Lipinski definition) is 14. The van der Waals surface area contributed by atoms with E-state index in [9.17, 15) is 42.1 Å². The molecule has 0 radical (unpaired) electrons. The van der Waals surface area contributed by atoms with Crippen molar-refractivity contribution in [3.05, 3.63) is 117 Å². The summed E-state index contributed by atoms with van der Waals surface area (Å²) in [6.07, 6.45) is 12.7. The van der Waals surface area contributed by atoms with Crippen LogP contribution in [0.1, 0.15) is 147 Å². The Hall–Kier alpha value is -9.18. The average Bonchev–Trinajstić information content (AvgIpc) is 3.45. The molecule has 14 heteroatoms. The van der Waals surface area contributed by atoms with Gasteiger partial charge in [-0.3, -0.25) is 0 Å². The highest BCUT2D eigenvalue weighted by atomic mass is 15.2. The molecule has 5 aromatic rings. The molecule has 0 aliphatic rings. The third-order valence-electron chi connectivity index (χ3n) is 13.9. The van der Waals surface area contributed by atoms with E-state index in [-0.39, 0.29) is 0 Å². The van der Waals surface area contributed by atoms with Crippen molar-refractivity contribution < 1.29 is 0 Å². The molecule has 0 fully saturated rings. The Bertz CT molecular complexity index is 2720. The van der Waals surface area contributed by atoms with Gasteiger partial charge in [0.15, 0.2) is 0 Å². The summed E-state index contributed by atoms with van der Waals surface area (Å²) in [7, 11) is 0. The highest BCUT2D eigenvalue weighted by Crippen LogP contribution is 2.48. The minimum Gasteiger partial charge on any atom is -0.397 e. The molecule has 0 saturated heterocycles. The largest absolute Gasteiger partial charge is 0.397 e. The second kappa shape index (κ2) is 30.8. The van der Waals surface area contributed by atoms with E-state index in [2.05, 4.69) is 72.8 Å². The van der Waals surface area contributed by atoms with E-state index in [1.165, 1.54) is 0 Å². The molecule has 14 nitrogen and oxygen atoms in total. The summed E-state index contributed by atoms with van der Waals surface area (Å²) < 4.78 is 0. The Morgan fingerprint density at radius 3 is 0.632 bits per heavy atom. The Balaban J connectivity index is 1.83. The molecule has 0 heterocycles. The second-order valence-corrected chi connectivity index (χ2v) is 18.8. The molecule has 0 unspecified atom stereocenters. The van der Waals surface area contributed by atoms with Gasteiger partial charge in [-0.05, 0) is 196 Å². The van der Waals surface area contributed by atoms with Gasteiger partial charge in [-0.15, -0.1) is 0 Å². The Morgan fingerprint density at radius 2 is 0.447 bits per heavy atom. The number of hydrogen-bond donors (Lipinski definition) is 4. The first-order chi connectivity index (χ1) is 37.1. The number of aryl methyl sites for hydroxylation is 4. The summed E-state index contributed by atoms with van der Waals surface area (Å²) in [5.41, 5.74) is 43.2. The van der Waals surface area contributed by atoms with Gasteiger partial charge in [-0.1, -0.05) is 24.3 Å². The lowest BCUT2D eigenvalue weighted by Gasteiger charge is -2.33. The molecular weight excluding hydrogens is 941 g/mol. The van der Waals surface area contributed by atoms with Crippen molar-refractivity contribution >= 4 is 56.9 Å². The summed E-state index contributed by atoms with van der Waals surface area (Å²) in [4.78, 5) is 4.10. The van der Waals surface area contributed by atoms with Crippen LogP contribution in [0.5, 0.6) is 0 Å². The van der Waals surface area contributed by atoms with Gasteiger partial charge in [0.25, 0.3) is 0 Å². The normalized spacial score (nSPS) is 10.4. The maximum absolute atomic E-state index is 9.55. The molecule has 76 heavy (non-hydrogen) atoms. The van der Waals surface area contributed by atoms with Crippen LogP contribution >= 0.6 is 0 Å². The van der Waals surface area contributed by atoms with Crippen LogP contribution in [0.3, 0.4) is 0 Å². The van der Waals surface area contributed by atoms with Crippen molar-refractivity contribution in [2.24, 2.45) is 0 Å². The van der Waals surface area contributed by atoms with Gasteiger partial charge in [-0.25, -0.2) is 0 Å². The molecule has 386 valence electrons. The fourth-order valence-corrected chi connectivity index (χ4v) is 10.1. The molecule has 0 aromatic heterocycles. The minimum atomic E-state index is 0.348. The molecule has 0 spiro atoms. The number of anilines is 10. The standard InChI is InChI=1S/C62H68N14/c63-37-9-1-17-45-25-33-55(59(71)51(45)21-5-13-41-67)75(56-34-26-46(18-2-10-38-64)52(60(56)72)22-6-14-42-68)49-29-31-50(32-30-49)76(57-35-27-47(19-3-11-39-65)53(61(57)73)23-7-15-43-69)58-36-28-48(20-4-12-40-66)54(62(58)74)24-8-16-44-70/h25-36H,1-24,71-74H2. The van der Waals surface area contributed by atoms with E-state index >= 15 is 0 Å². The lowest BCUT2D eigenvalue weighted by Crippen LogP contribution is -2.18. The van der Waals surface area contributed by atoms with Gasteiger partial charge in [0.2, 0.25) is 0 Å². The van der Waals surface area contributed by atoms with Crippen LogP contribution in [0.25, 0.3) is 0 Å². The van der Waals surface area contributed by atoms with Crippen LogP contribution in [0.2, 0.25) is 0 Å². The van der Waals surface area contributed by atoms with Gasteiger partial charge >= 0.3 is 0 Å². The van der Waals surface area contributed by atoms with Gasteiger partial charge < -0.3 is 32.7 Å². The van der Waals surface area contributed by atoms with Crippen LogP contribution in [0, 0.1) is 90.6 Å². The summed E-state index contributed by atoms with van der Waals surface area (Å²) in [6, 6.07) is 42.2. The van der Waals surface area contributed by atoms with Gasteiger partial charge in [-0.2, -0.15) is 42.1 Å². The topological polar surface area (TPSA) is 301 Å². The van der Waals surface area contributed by atoms with E-state index in [4.69, 9.17) is 22.9 Å². The van der Waals surface area contributed by atoms with Crippen molar-refractivity contribution in [1.82, 2.24) is 0 Å². The van der Waals surface area contributed by atoms with Gasteiger partial charge in [0.1, 0.15) is 0 Å². The van der Waals surface area contributed by atoms with Crippen molar-refractivity contribution in [1.29, 1.82) is 42.1 Å². The minimum absolute atomic E-state index is 0.348. The monoisotopic (exact) mass is 1010 g/mol. The Morgan fingerprint density at radius 1 is 0.263 bits per heavy atom. The average molecular weight is 1010 g/mol. The van der Waals surface area contributed by atoms with E-state index in [1.807, 2.05) is 58.3 Å². The molecule has 0 saturated carbocycles. The second-order valence-electron chi connectivity index (χ2n) is 18.8. The molecule has 8 N–H and O–H groups in total. The fraction of sp³-hybridized carbons (Fsp3) is 0.387. The van der Waals surface area contributed by atoms with Crippen LogP contribution < -0.4 is 32.7 Å². The number of nitrogen functional groups attached to an aromatic ring is 4. The lowest BCUT2D eigenvalue weighted by atomic mass is 9.93. The third-order valence-corrected chi connectivity index (χ3v) is 13.9. The first kappa shape index (κ1) is 57.7. The lowest BCUT2D eigenvalue weighted by molar-refractivity contribution is 0.804. The van der Waals surface area contributed by atoms with Crippen molar-refractivity contribution in [3.8, 4) is 48.6 Å². The Labute approximate surface area is 449 Å². The van der Waals surface area contributed by atoms with Crippen LogP contribution in [-0.2, 0) is 51.4 Å². The molecule has 0 amide bonds. The smallest absolute Gasteiger partial charge is 0.0695 e. The van der Waals surface area contributed by atoms with Crippen LogP contribution in [0.15, 0.2) is 72.8 Å². The number of nitriles is 8. The molecule has 0 bridgehead atoms. The van der Waals surface area contributed by atoms with Gasteiger partial charge in [0.05, 0.1) is 94.1 Å². The van der Waals surface area contributed by atoms with E-state index < -0.39 is 0 Å². The number of rotatable bonds is 30. The first-order valence-corrected chi connectivity index (χ1v) is 26.4. The fourth-order valence-electron chi connectivity index (χ4n) is 10.1. The number of nitrogens with two attached hydrogens (primary N) is 4. The zero-order valence-electron chi connectivity index (χ0n) is 43.7. The highest BCUT2D eigenvalue weighted by molar-refractivity contribution is 5.94. The molecule has 5 aromatic carbocycles. The molecule has 0 atom stereocenters. The number of nitrogens with zero attached hydrogens (tertiary/aromatic N) is 10. The van der Waals surface area contributed by atoms with Crippen LogP contribution in [-0.4, -0.2) is 0 Å². The maximum atomic E-state index is 9.55. The first-order valence-electron chi connectivity index (χ1n) is 26.4. The summed E-state index contributed by atoms with van der Waals surface area (Å²) in [5, 5.41) is 75.8. The zero-order valence-corrected chi connectivity index (χ0v) is 43.7. The van der Waals surface area contributed by atoms with Crippen molar-refractivity contribution in [3.63, 3.8) is 0 Å². The van der Waals surface area contributed by atoms with E-state index in [1.54, 1.807) is 0 Å². The van der Waals surface area contributed by atoms with Crippen molar-refractivity contribution in [2.45, 2.75) is 154 Å². The molecule has 5 rings (SSSR count). The Kier molecular flexibility index (Phi) is 23.4. The predicted molar refractivity (Wildman–Crippen MR) is 302 cm³/mol. The number of benzene rings is 5. The zero-order chi connectivity index (χ0) is 54.7. The maximum Gasteiger partial charge on any atom is 0.0695 e.